The van der Waals surface area contributed by atoms with Gasteiger partial charge in [0.05, 0.1) is 5.69 Å². The van der Waals surface area contributed by atoms with E-state index in [1.807, 2.05) is 26.8 Å². The molecule has 0 aliphatic carbocycles. The molecule has 0 aromatic heterocycles. The quantitative estimate of drug-likeness (QED) is 0.733. The molecule has 0 unspecified atom stereocenters. The zero-order valence-corrected chi connectivity index (χ0v) is 10.5. The molecule has 1 aromatic carbocycles. The minimum atomic E-state index is -0.0725. The lowest BCUT2D eigenvalue weighted by Gasteiger charge is -2.21. The molecule has 90 valence electrons. The maximum absolute atomic E-state index is 11.8. The van der Waals surface area contributed by atoms with Gasteiger partial charge < -0.3 is 0 Å². The Morgan fingerprint density at radius 3 is 2.24 bits per heavy atom. The van der Waals surface area contributed by atoms with Gasteiger partial charge in [-0.05, 0) is 31.4 Å². The lowest BCUT2D eigenvalue weighted by Crippen LogP contribution is -2.30. The van der Waals surface area contributed by atoms with Crippen LogP contribution in [-0.4, -0.2) is 11.8 Å². The number of aryl methyl sites for hydroxylation is 3. The maximum atomic E-state index is 11.8. The standard InChI is InChI=1S/C14H17NO2/c1-4-11-8-9(2)7-10(3)14(11)15-12(16)5-6-13(15)17/h7-8H,4-6H2,1-3H3. The number of hydrogen-bond donors (Lipinski definition) is 0. The Morgan fingerprint density at radius 2 is 1.71 bits per heavy atom. The molecule has 17 heavy (non-hydrogen) atoms. The van der Waals surface area contributed by atoms with Crippen LogP contribution in [0.5, 0.6) is 0 Å². The van der Waals surface area contributed by atoms with Crippen molar-refractivity contribution in [2.24, 2.45) is 0 Å². The van der Waals surface area contributed by atoms with Crippen molar-refractivity contribution in [3.8, 4) is 0 Å². The first-order chi connectivity index (χ1) is 8.04. The molecular formula is C14H17NO2. The fourth-order valence-corrected chi connectivity index (χ4v) is 2.46. The summed E-state index contributed by atoms with van der Waals surface area (Å²) >= 11 is 0. The summed E-state index contributed by atoms with van der Waals surface area (Å²) in [7, 11) is 0. The zero-order chi connectivity index (χ0) is 12.6. The van der Waals surface area contributed by atoms with Crippen molar-refractivity contribution in [1.82, 2.24) is 0 Å². The molecule has 0 N–H and O–H groups in total. The Bertz CT molecular complexity index is 475. The molecule has 1 heterocycles. The van der Waals surface area contributed by atoms with Gasteiger partial charge in [-0.3, -0.25) is 14.5 Å². The van der Waals surface area contributed by atoms with E-state index in [4.69, 9.17) is 0 Å². The summed E-state index contributed by atoms with van der Waals surface area (Å²) in [6.45, 7) is 6.03. The molecule has 0 radical (unpaired) electrons. The van der Waals surface area contributed by atoms with E-state index in [2.05, 4.69) is 6.07 Å². The van der Waals surface area contributed by atoms with Crippen molar-refractivity contribution in [2.75, 3.05) is 4.90 Å². The predicted molar refractivity (Wildman–Crippen MR) is 67.0 cm³/mol. The minimum absolute atomic E-state index is 0.0725. The van der Waals surface area contributed by atoms with Crippen molar-refractivity contribution in [1.29, 1.82) is 0 Å². The van der Waals surface area contributed by atoms with Crippen LogP contribution in [0, 0.1) is 13.8 Å². The summed E-state index contributed by atoms with van der Waals surface area (Å²) in [5, 5.41) is 0. The molecule has 3 heteroatoms. The maximum Gasteiger partial charge on any atom is 0.234 e. The molecule has 3 nitrogen and oxygen atoms in total. The van der Waals surface area contributed by atoms with E-state index in [1.165, 1.54) is 10.5 Å². The Kier molecular flexibility index (Phi) is 3.01. The summed E-state index contributed by atoms with van der Waals surface area (Å²) in [4.78, 5) is 25.0. The predicted octanol–water partition coefficient (Wildman–Crippen LogP) is 2.52. The van der Waals surface area contributed by atoms with Crippen LogP contribution in [0.4, 0.5) is 5.69 Å². The highest BCUT2D eigenvalue weighted by molar-refractivity contribution is 6.20. The molecular weight excluding hydrogens is 214 g/mol. The van der Waals surface area contributed by atoms with E-state index in [1.54, 1.807) is 0 Å². The molecule has 2 rings (SSSR count). The summed E-state index contributed by atoms with van der Waals surface area (Å²) in [6.07, 6.45) is 1.51. The number of carbonyl (C=O) groups excluding carboxylic acids is 2. The van der Waals surface area contributed by atoms with Crippen LogP contribution >= 0.6 is 0 Å². The molecule has 0 saturated carbocycles. The molecule has 1 aliphatic rings. The monoisotopic (exact) mass is 231 g/mol. The fraction of sp³-hybridized carbons (Fsp3) is 0.429. The number of nitrogens with zero attached hydrogens (tertiary/aromatic N) is 1. The number of benzene rings is 1. The first-order valence-electron chi connectivity index (χ1n) is 6.00. The second-order valence-corrected chi connectivity index (χ2v) is 4.57. The number of hydrogen-bond acceptors (Lipinski definition) is 2. The normalized spacial score (nSPS) is 15.8. The van der Waals surface area contributed by atoms with Crippen LogP contribution in [0.3, 0.4) is 0 Å². The molecule has 1 fully saturated rings. The van der Waals surface area contributed by atoms with Gasteiger partial charge >= 0.3 is 0 Å². The first kappa shape index (κ1) is 11.8. The van der Waals surface area contributed by atoms with E-state index >= 15 is 0 Å². The highest BCUT2D eigenvalue weighted by atomic mass is 16.2. The van der Waals surface area contributed by atoms with Gasteiger partial charge in [0.25, 0.3) is 0 Å². The van der Waals surface area contributed by atoms with Gasteiger partial charge in [0.15, 0.2) is 0 Å². The molecule has 2 amide bonds. The minimum Gasteiger partial charge on any atom is -0.274 e. The third kappa shape index (κ3) is 1.97. The Labute approximate surface area is 101 Å². The first-order valence-corrected chi connectivity index (χ1v) is 6.00. The lowest BCUT2D eigenvalue weighted by atomic mass is 10.0. The molecule has 1 aromatic rings. The van der Waals surface area contributed by atoms with Crippen LogP contribution < -0.4 is 4.90 Å². The van der Waals surface area contributed by atoms with Crippen LogP contribution in [0.25, 0.3) is 0 Å². The van der Waals surface area contributed by atoms with Crippen molar-refractivity contribution >= 4 is 17.5 Å². The van der Waals surface area contributed by atoms with Gasteiger partial charge in [-0.25, -0.2) is 0 Å². The van der Waals surface area contributed by atoms with E-state index in [0.717, 1.165) is 23.2 Å². The van der Waals surface area contributed by atoms with Gasteiger partial charge in [0.1, 0.15) is 0 Å². The van der Waals surface area contributed by atoms with E-state index in [-0.39, 0.29) is 11.8 Å². The number of imide groups is 1. The van der Waals surface area contributed by atoms with Crippen LogP contribution in [0.15, 0.2) is 12.1 Å². The van der Waals surface area contributed by atoms with Crippen LogP contribution in [-0.2, 0) is 16.0 Å². The molecule has 0 bridgehead atoms. The second kappa shape index (κ2) is 4.32. The smallest absolute Gasteiger partial charge is 0.234 e. The molecule has 1 aliphatic heterocycles. The highest BCUT2D eigenvalue weighted by Gasteiger charge is 2.32. The number of anilines is 1. The second-order valence-electron chi connectivity index (χ2n) is 4.57. The third-order valence-corrected chi connectivity index (χ3v) is 3.18. The SMILES string of the molecule is CCc1cc(C)cc(C)c1N1C(=O)CCC1=O. The summed E-state index contributed by atoms with van der Waals surface area (Å²) in [5.74, 6) is -0.145. The zero-order valence-electron chi connectivity index (χ0n) is 10.5. The fourth-order valence-electron chi connectivity index (χ4n) is 2.46. The highest BCUT2D eigenvalue weighted by Crippen LogP contribution is 2.31. The van der Waals surface area contributed by atoms with E-state index < -0.39 is 0 Å². The van der Waals surface area contributed by atoms with Crippen LogP contribution in [0.2, 0.25) is 0 Å². The van der Waals surface area contributed by atoms with E-state index in [0.29, 0.717) is 12.8 Å². The van der Waals surface area contributed by atoms with Crippen molar-refractivity contribution in [2.45, 2.75) is 40.0 Å². The largest absolute Gasteiger partial charge is 0.274 e. The molecule has 0 atom stereocenters. The summed E-state index contributed by atoms with van der Waals surface area (Å²) in [6, 6.07) is 4.08. The molecule has 1 saturated heterocycles. The van der Waals surface area contributed by atoms with Gasteiger partial charge in [0.2, 0.25) is 11.8 Å². The summed E-state index contributed by atoms with van der Waals surface area (Å²) in [5.41, 5.74) is 4.06. The van der Waals surface area contributed by atoms with Gasteiger partial charge in [-0.1, -0.05) is 24.6 Å². The number of amides is 2. The van der Waals surface area contributed by atoms with E-state index in [9.17, 15) is 9.59 Å². The topological polar surface area (TPSA) is 37.4 Å². The van der Waals surface area contributed by atoms with Crippen molar-refractivity contribution < 1.29 is 9.59 Å². The van der Waals surface area contributed by atoms with Gasteiger partial charge in [0, 0.05) is 12.8 Å². The average Bonchev–Trinajstić information content (AvgIpc) is 2.59. The Balaban J connectivity index is 2.58. The number of rotatable bonds is 2. The molecule has 0 spiro atoms. The third-order valence-electron chi connectivity index (χ3n) is 3.18. The Morgan fingerprint density at radius 1 is 1.12 bits per heavy atom. The van der Waals surface area contributed by atoms with Gasteiger partial charge in [-0.15, -0.1) is 0 Å². The van der Waals surface area contributed by atoms with Crippen molar-refractivity contribution in [3.05, 3.63) is 28.8 Å². The number of carbonyl (C=O) groups is 2. The van der Waals surface area contributed by atoms with Crippen molar-refractivity contribution in [3.63, 3.8) is 0 Å². The van der Waals surface area contributed by atoms with Crippen LogP contribution in [0.1, 0.15) is 36.5 Å². The Hall–Kier alpha value is -1.64. The summed E-state index contributed by atoms with van der Waals surface area (Å²) < 4.78 is 0. The lowest BCUT2D eigenvalue weighted by molar-refractivity contribution is -0.121. The average molecular weight is 231 g/mol. The van der Waals surface area contributed by atoms with Gasteiger partial charge in [-0.2, -0.15) is 0 Å².